The number of fused-ring (bicyclic) bond motifs is 1. The normalized spacial score (nSPS) is 29.3. The molecule has 114 valence electrons. The third-order valence-electron chi connectivity index (χ3n) is 4.69. The molecule has 1 aromatic rings. The van der Waals surface area contributed by atoms with Crippen LogP contribution in [0.2, 0.25) is 0 Å². The van der Waals surface area contributed by atoms with Crippen LogP contribution in [0.15, 0.2) is 24.3 Å². The van der Waals surface area contributed by atoms with E-state index in [4.69, 9.17) is 4.74 Å². The number of carbonyl (C=O) groups excluding carboxylic acids is 1. The summed E-state index contributed by atoms with van der Waals surface area (Å²) in [6.45, 7) is 5.80. The molecular formula is C17H24N2O2. The summed E-state index contributed by atoms with van der Waals surface area (Å²) in [6, 6.07) is 8.63. The van der Waals surface area contributed by atoms with Crippen LogP contribution in [0, 0.1) is 5.92 Å². The topological polar surface area (TPSA) is 50.4 Å². The Balaban J connectivity index is 1.72. The molecule has 4 heteroatoms. The lowest BCUT2D eigenvalue weighted by Crippen LogP contribution is -2.43. The molecule has 2 aliphatic heterocycles. The van der Waals surface area contributed by atoms with Gasteiger partial charge in [-0.1, -0.05) is 18.2 Å². The van der Waals surface area contributed by atoms with Gasteiger partial charge >= 0.3 is 0 Å². The van der Waals surface area contributed by atoms with E-state index >= 15 is 0 Å². The van der Waals surface area contributed by atoms with Crippen LogP contribution in [0.4, 0.5) is 5.69 Å². The van der Waals surface area contributed by atoms with E-state index in [0.717, 1.165) is 37.3 Å². The van der Waals surface area contributed by atoms with Crippen molar-refractivity contribution in [1.82, 2.24) is 5.32 Å². The SMILES string of the molecule is CC1CC(C(=O)NC(C)C2CCOC2)c2ccccc2N1. The van der Waals surface area contributed by atoms with Crippen molar-refractivity contribution in [2.24, 2.45) is 5.92 Å². The van der Waals surface area contributed by atoms with Crippen LogP contribution >= 0.6 is 0 Å². The van der Waals surface area contributed by atoms with Crippen LogP contribution in [0.3, 0.4) is 0 Å². The molecular weight excluding hydrogens is 264 g/mol. The summed E-state index contributed by atoms with van der Waals surface area (Å²) in [5, 5.41) is 6.66. The number of nitrogens with one attached hydrogen (secondary N) is 2. The molecule has 2 N–H and O–H groups in total. The molecule has 0 aliphatic carbocycles. The number of rotatable bonds is 3. The number of benzene rings is 1. The monoisotopic (exact) mass is 288 g/mol. The van der Waals surface area contributed by atoms with Crippen molar-refractivity contribution in [2.75, 3.05) is 18.5 Å². The average molecular weight is 288 g/mol. The molecule has 0 bridgehead atoms. The van der Waals surface area contributed by atoms with Gasteiger partial charge in [0.25, 0.3) is 0 Å². The lowest BCUT2D eigenvalue weighted by Gasteiger charge is -2.32. The van der Waals surface area contributed by atoms with E-state index in [1.165, 1.54) is 0 Å². The molecule has 1 fully saturated rings. The maximum atomic E-state index is 12.7. The van der Waals surface area contributed by atoms with Crippen molar-refractivity contribution in [3.8, 4) is 0 Å². The van der Waals surface area contributed by atoms with Gasteiger partial charge in [-0.2, -0.15) is 0 Å². The lowest BCUT2D eigenvalue weighted by molar-refractivity contribution is -0.123. The van der Waals surface area contributed by atoms with Gasteiger partial charge in [-0.05, 0) is 38.3 Å². The third-order valence-corrected chi connectivity index (χ3v) is 4.69. The predicted octanol–water partition coefficient (Wildman–Crippen LogP) is 2.52. The molecule has 4 atom stereocenters. The molecule has 1 aromatic carbocycles. The van der Waals surface area contributed by atoms with Crippen LogP contribution in [-0.2, 0) is 9.53 Å². The molecule has 0 saturated carbocycles. The Kier molecular flexibility index (Phi) is 4.15. The predicted molar refractivity (Wildman–Crippen MR) is 83.4 cm³/mol. The van der Waals surface area contributed by atoms with Crippen molar-refractivity contribution in [3.63, 3.8) is 0 Å². The van der Waals surface area contributed by atoms with Crippen molar-refractivity contribution >= 4 is 11.6 Å². The second-order valence-corrected chi connectivity index (χ2v) is 6.34. The Bertz CT molecular complexity index is 511. The molecule has 0 spiro atoms. The summed E-state index contributed by atoms with van der Waals surface area (Å²) >= 11 is 0. The molecule has 21 heavy (non-hydrogen) atoms. The van der Waals surface area contributed by atoms with Crippen LogP contribution in [0.5, 0.6) is 0 Å². The van der Waals surface area contributed by atoms with E-state index in [9.17, 15) is 4.79 Å². The van der Waals surface area contributed by atoms with Gasteiger partial charge < -0.3 is 15.4 Å². The lowest BCUT2D eigenvalue weighted by atomic mass is 9.86. The van der Waals surface area contributed by atoms with E-state index in [0.29, 0.717) is 12.0 Å². The van der Waals surface area contributed by atoms with E-state index in [1.807, 2.05) is 12.1 Å². The van der Waals surface area contributed by atoms with E-state index in [1.54, 1.807) is 0 Å². The Labute approximate surface area is 126 Å². The third kappa shape index (κ3) is 3.05. The molecule has 2 aliphatic rings. The van der Waals surface area contributed by atoms with Gasteiger partial charge in [0.1, 0.15) is 0 Å². The first-order chi connectivity index (χ1) is 10.1. The standard InChI is InChI=1S/C17H24N2O2/c1-11-9-15(14-5-3-4-6-16(14)18-11)17(20)19-12(2)13-7-8-21-10-13/h3-6,11-13,15,18H,7-10H2,1-2H3,(H,19,20). The minimum atomic E-state index is -0.0535. The highest BCUT2D eigenvalue weighted by atomic mass is 16.5. The fourth-order valence-corrected chi connectivity index (χ4v) is 3.38. The Morgan fingerprint density at radius 2 is 2.24 bits per heavy atom. The maximum Gasteiger partial charge on any atom is 0.227 e. The molecule has 0 radical (unpaired) electrons. The van der Waals surface area contributed by atoms with Crippen LogP contribution in [0.25, 0.3) is 0 Å². The summed E-state index contributed by atoms with van der Waals surface area (Å²) in [5.41, 5.74) is 2.20. The number of hydrogen-bond acceptors (Lipinski definition) is 3. The Morgan fingerprint density at radius 3 is 3.00 bits per heavy atom. The van der Waals surface area contributed by atoms with Crippen LogP contribution < -0.4 is 10.6 Å². The second-order valence-electron chi connectivity index (χ2n) is 6.34. The number of carbonyl (C=O) groups is 1. The number of hydrogen-bond donors (Lipinski definition) is 2. The van der Waals surface area contributed by atoms with Crippen molar-refractivity contribution < 1.29 is 9.53 Å². The van der Waals surface area contributed by atoms with Gasteiger partial charge in [-0.3, -0.25) is 4.79 Å². The first-order valence-electron chi connectivity index (χ1n) is 7.88. The molecule has 4 nitrogen and oxygen atoms in total. The zero-order valence-electron chi connectivity index (χ0n) is 12.8. The smallest absolute Gasteiger partial charge is 0.227 e. The van der Waals surface area contributed by atoms with Gasteiger partial charge in [0, 0.05) is 30.3 Å². The molecule has 2 heterocycles. The average Bonchev–Trinajstić information content (AvgIpc) is 3.00. The Hall–Kier alpha value is -1.55. The van der Waals surface area contributed by atoms with Crippen LogP contribution in [0.1, 0.15) is 38.2 Å². The van der Waals surface area contributed by atoms with Gasteiger partial charge in [0.05, 0.1) is 12.5 Å². The second kappa shape index (κ2) is 6.06. The van der Waals surface area contributed by atoms with E-state index in [2.05, 4.69) is 36.6 Å². The number of ether oxygens (including phenoxy) is 1. The van der Waals surface area contributed by atoms with Gasteiger partial charge in [0.15, 0.2) is 0 Å². The van der Waals surface area contributed by atoms with Crippen molar-refractivity contribution in [3.05, 3.63) is 29.8 Å². The zero-order chi connectivity index (χ0) is 14.8. The van der Waals surface area contributed by atoms with Crippen molar-refractivity contribution in [1.29, 1.82) is 0 Å². The molecule has 0 aromatic heterocycles. The minimum absolute atomic E-state index is 0.0535. The minimum Gasteiger partial charge on any atom is -0.382 e. The summed E-state index contributed by atoms with van der Waals surface area (Å²) < 4.78 is 5.42. The van der Waals surface area contributed by atoms with Gasteiger partial charge in [0.2, 0.25) is 5.91 Å². The fraction of sp³-hybridized carbons (Fsp3) is 0.588. The highest BCUT2D eigenvalue weighted by Crippen LogP contribution is 2.34. The highest BCUT2D eigenvalue weighted by Gasteiger charge is 2.31. The van der Waals surface area contributed by atoms with Crippen LogP contribution in [-0.4, -0.2) is 31.2 Å². The van der Waals surface area contributed by atoms with E-state index in [-0.39, 0.29) is 17.9 Å². The molecule has 1 amide bonds. The zero-order valence-corrected chi connectivity index (χ0v) is 12.8. The van der Waals surface area contributed by atoms with Gasteiger partial charge in [-0.25, -0.2) is 0 Å². The molecule has 4 unspecified atom stereocenters. The number of para-hydroxylation sites is 1. The van der Waals surface area contributed by atoms with Gasteiger partial charge in [-0.15, -0.1) is 0 Å². The summed E-state index contributed by atoms with van der Waals surface area (Å²) in [6.07, 6.45) is 1.89. The first kappa shape index (κ1) is 14.4. The van der Waals surface area contributed by atoms with Crippen molar-refractivity contribution in [2.45, 2.75) is 44.7 Å². The quantitative estimate of drug-likeness (QED) is 0.898. The first-order valence-corrected chi connectivity index (χ1v) is 7.88. The molecule has 3 rings (SSSR count). The summed E-state index contributed by atoms with van der Waals surface area (Å²) in [7, 11) is 0. The largest absolute Gasteiger partial charge is 0.382 e. The van der Waals surface area contributed by atoms with E-state index < -0.39 is 0 Å². The number of amides is 1. The maximum absolute atomic E-state index is 12.7. The Morgan fingerprint density at radius 1 is 1.43 bits per heavy atom. The number of anilines is 1. The highest BCUT2D eigenvalue weighted by molar-refractivity contribution is 5.86. The molecule has 1 saturated heterocycles. The summed E-state index contributed by atoms with van der Waals surface area (Å²) in [4.78, 5) is 12.7. The fourth-order valence-electron chi connectivity index (χ4n) is 3.38. The summed E-state index contributed by atoms with van der Waals surface area (Å²) in [5.74, 6) is 0.542.